The molecule has 1 aromatic rings. The summed E-state index contributed by atoms with van der Waals surface area (Å²) in [6.45, 7) is 4.94. The normalized spacial score (nSPS) is 33.1. The minimum absolute atomic E-state index is 0.0844. The number of para-hydroxylation sites is 1. The first kappa shape index (κ1) is 10.1. The van der Waals surface area contributed by atoms with Crippen LogP contribution in [-0.4, -0.2) is 13.0 Å². The van der Waals surface area contributed by atoms with Crippen molar-refractivity contribution in [1.29, 1.82) is 0 Å². The second-order valence-electron chi connectivity index (χ2n) is 4.75. The van der Waals surface area contributed by atoms with Gasteiger partial charge in [0, 0.05) is 0 Å². The van der Waals surface area contributed by atoms with Crippen LogP contribution < -0.4 is 5.06 Å². The topological polar surface area (TPSA) is 21.7 Å². The second kappa shape index (κ2) is 3.75. The van der Waals surface area contributed by atoms with Crippen molar-refractivity contribution < 1.29 is 9.57 Å². The number of hydroxylamine groups is 1. The number of anilines is 1. The molecule has 0 saturated carbocycles. The third-order valence-electron chi connectivity index (χ3n) is 3.81. The molecule has 0 aliphatic carbocycles. The van der Waals surface area contributed by atoms with Crippen molar-refractivity contribution in [3.8, 4) is 0 Å². The Bertz CT molecular complexity index is 393. The zero-order valence-corrected chi connectivity index (χ0v) is 9.72. The van der Waals surface area contributed by atoms with Gasteiger partial charge in [-0.25, -0.2) is 9.90 Å². The fourth-order valence-electron chi connectivity index (χ4n) is 2.61. The van der Waals surface area contributed by atoms with E-state index in [0.717, 1.165) is 6.42 Å². The molecule has 0 amide bonds. The highest BCUT2D eigenvalue weighted by Gasteiger charge is 2.35. The van der Waals surface area contributed by atoms with Crippen LogP contribution in [0.2, 0.25) is 0 Å². The van der Waals surface area contributed by atoms with Gasteiger partial charge in [-0.15, -0.1) is 0 Å². The summed E-state index contributed by atoms with van der Waals surface area (Å²) < 4.78 is 5.62. The summed E-state index contributed by atoms with van der Waals surface area (Å²) >= 11 is 0. The molecule has 3 nitrogen and oxygen atoms in total. The molecule has 86 valence electrons. The van der Waals surface area contributed by atoms with Crippen molar-refractivity contribution >= 4 is 5.69 Å². The maximum atomic E-state index is 5.62. The molecule has 0 spiro atoms. The Morgan fingerprint density at radius 2 is 2.06 bits per heavy atom. The fourth-order valence-corrected chi connectivity index (χ4v) is 2.61. The quantitative estimate of drug-likeness (QED) is 0.669. The maximum absolute atomic E-state index is 5.62. The molecular weight excluding hydrogens is 202 g/mol. The summed E-state index contributed by atoms with van der Waals surface area (Å²) in [6, 6.07) is 8.46. The van der Waals surface area contributed by atoms with Crippen molar-refractivity contribution in [3.63, 3.8) is 0 Å². The van der Waals surface area contributed by atoms with Crippen LogP contribution in [0.1, 0.15) is 31.7 Å². The van der Waals surface area contributed by atoms with E-state index in [0.29, 0.717) is 18.6 Å². The molecule has 3 atom stereocenters. The number of nitrogens with zero attached hydrogens (tertiary/aromatic N) is 1. The summed E-state index contributed by atoms with van der Waals surface area (Å²) in [7, 11) is 0. The molecular formula is C13H17NO2. The summed E-state index contributed by atoms with van der Waals surface area (Å²) in [6.07, 6.45) is 1.11. The summed E-state index contributed by atoms with van der Waals surface area (Å²) in [4.78, 5) is 5.57. The van der Waals surface area contributed by atoms with E-state index < -0.39 is 0 Å². The lowest BCUT2D eigenvalue weighted by Crippen LogP contribution is -2.28. The van der Waals surface area contributed by atoms with E-state index >= 15 is 0 Å². The third-order valence-corrected chi connectivity index (χ3v) is 3.81. The van der Waals surface area contributed by atoms with Gasteiger partial charge in [0.15, 0.2) is 13.0 Å². The van der Waals surface area contributed by atoms with Crippen LogP contribution in [0.5, 0.6) is 0 Å². The number of rotatable bonds is 0. The molecule has 2 aliphatic heterocycles. The summed E-state index contributed by atoms with van der Waals surface area (Å²) in [5, 5.41) is 1.94. The van der Waals surface area contributed by atoms with Crippen LogP contribution in [0.25, 0.3) is 0 Å². The van der Waals surface area contributed by atoms with Crippen molar-refractivity contribution in [1.82, 2.24) is 0 Å². The van der Waals surface area contributed by atoms with Crippen LogP contribution in [0.4, 0.5) is 5.69 Å². The Labute approximate surface area is 95.9 Å². The van der Waals surface area contributed by atoms with E-state index in [1.807, 2.05) is 5.06 Å². The van der Waals surface area contributed by atoms with Crippen LogP contribution in [0.3, 0.4) is 0 Å². The lowest BCUT2D eigenvalue weighted by molar-refractivity contribution is 0.0378. The van der Waals surface area contributed by atoms with E-state index in [4.69, 9.17) is 9.57 Å². The second-order valence-corrected chi connectivity index (χ2v) is 4.75. The Morgan fingerprint density at radius 1 is 1.25 bits per heavy atom. The Balaban J connectivity index is 2.09. The van der Waals surface area contributed by atoms with Gasteiger partial charge < -0.3 is 4.74 Å². The number of fused-ring (bicyclic) bond motifs is 3. The summed E-state index contributed by atoms with van der Waals surface area (Å²) in [5.74, 6) is 1.16. The van der Waals surface area contributed by atoms with Crippen molar-refractivity contribution in [2.24, 2.45) is 5.92 Å². The van der Waals surface area contributed by atoms with Crippen LogP contribution in [0.15, 0.2) is 24.3 Å². The van der Waals surface area contributed by atoms with Gasteiger partial charge in [0.2, 0.25) is 0 Å². The predicted molar refractivity (Wildman–Crippen MR) is 61.9 cm³/mol. The summed E-state index contributed by atoms with van der Waals surface area (Å²) in [5.41, 5.74) is 2.53. The molecule has 1 fully saturated rings. The molecule has 2 heterocycles. The molecule has 1 unspecified atom stereocenters. The Hall–Kier alpha value is -1.06. The van der Waals surface area contributed by atoms with E-state index in [9.17, 15) is 0 Å². The molecule has 1 aromatic carbocycles. The molecule has 3 rings (SSSR count). The average molecular weight is 219 g/mol. The van der Waals surface area contributed by atoms with Gasteiger partial charge in [-0.3, -0.25) is 0 Å². The van der Waals surface area contributed by atoms with E-state index in [1.165, 1.54) is 11.3 Å². The number of benzene rings is 1. The zero-order chi connectivity index (χ0) is 11.1. The lowest BCUT2D eigenvalue weighted by Gasteiger charge is -2.21. The number of hydrogen-bond acceptors (Lipinski definition) is 3. The highest BCUT2D eigenvalue weighted by molar-refractivity contribution is 5.55. The van der Waals surface area contributed by atoms with Gasteiger partial charge in [-0.05, 0) is 29.9 Å². The Kier molecular flexibility index (Phi) is 2.37. The smallest absolute Gasteiger partial charge is 0.176 e. The predicted octanol–water partition coefficient (Wildman–Crippen LogP) is 2.88. The number of ether oxygens (including phenoxy) is 1. The van der Waals surface area contributed by atoms with Crippen molar-refractivity contribution in [2.75, 3.05) is 11.9 Å². The molecule has 0 aromatic heterocycles. The zero-order valence-electron chi connectivity index (χ0n) is 9.72. The fraction of sp³-hybridized carbons (Fsp3) is 0.538. The molecule has 0 N–H and O–H groups in total. The molecule has 3 heteroatoms. The first-order chi connectivity index (χ1) is 7.77. The van der Waals surface area contributed by atoms with Crippen molar-refractivity contribution in [2.45, 2.75) is 32.4 Å². The largest absolute Gasteiger partial charge is 0.328 e. The minimum atomic E-state index is 0.0844. The van der Waals surface area contributed by atoms with Gasteiger partial charge >= 0.3 is 0 Å². The van der Waals surface area contributed by atoms with Crippen molar-refractivity contribution in [3.05, 3.63) is 29.8 Å². The van der Waals surface area contributed by atoms with Gasteiger partial charge in [-0.2, -0.15) is 0 Å². The third kappa shape index (κ3) is 1.43. The first-order valence-corrected chi connectivity index (χ1v) is 5.90. The molecule has 0 radical (unpaired) electrons. The standard InChI is InChI=1S/C13H17NO2/c1-9-7-13-14(16-8-15-13)12-6-4-3-5-11(12)10(9)2/h3-6,9-10,13H,7-8H2,1-2H3/t9-,10+,13?/m1/s1. The van der Waals surface area contributed by atoms with Crippen LogP contribution >= 0.6 is 0 Å². The highest BCUT2D eigenvalue weighted by atomic mass is 16.8. The maximum Gasteiger partial charge on any atom is 0.176 e. The lowest BCUT2D eigenvalue weighted by atomic mass is 9.87. The monoisotopic (exact) mass is 219 g/mol. The highest BCUT2D eigenvalue weighted by Crippen LogP contribution is 2.41. The molecule has 16 heavy (non-hydrogen) atoms. The minimum Gasteiger partial charge on any atom is -0.328 e. The van der Waals surface area contributed by atoms with E-state index in [2.05, 4.69) is 38.1 Å². The van der Waals surface area contributed by atoms with Gasteiger partial charge in [0.25, 0.3) is 0 Å². The first-order valence-electron chi connectivity index (χ1n) is 5.90. The average Bonchev–Trinajstić information content (AvgIpc) is 2.72. The van der Waals surface area contributed by atoms with Gasteiger partial charge in [-0.1, -0.05) is 32.0 Å². The molecule has 2 aliphatic rings. The molecule has 0 bridgehead atoms. The van der Waals surface area contributed by atoms with Gasteiger partial charge in [0.1, 0.15) is 0 Å². The number of hydrogen-bond donors (Lipinski definition) is 0. The van der Waals surface area contributed by atoms with E-state index in [-0.39, 0.29) is 6.23 Å². The van der Waals surface area contributed by atoms with E-state index in [1.54, 1.807) is 0 Å². The van der Waals surface area contributed by atoms with Gasteiger partial charge in [0.05, 0.1) is 5.69 Å². The molecule has 1 saturated heterocycles. The van der Waals surface area contributed by atoms with Crippen LogP contribution in [-0.2, 0) is 9.57 Å². The Morgan fingerprint density at radius 3 is 2.94 bits per heavy atom. The SMILES string of the molecule is C[C@@H]1CC2OCON2c2ccccc2[C@H]1C. The van der Waals surface area contributed by atoms with Crippen LogP contribution in [0, 0.1) is 5.92 Å².